The Labute approximate surface area is 156 Å². The predicted octanol–water partition coefficient (Wildman–Crippen LogP) is 2.47. The first-order valence-corrected chi connectivity index (χ1v) is 8.98. The van der Waals surface area contributed by atoms with E-state index in [2.05, 4.69) is 26.7 Å². The molecule has 3 amide bonds. The number of rotatable bonds is 6. The van der Waals surface area contributed by atoms with Gasteiger partial charge in [-0.15, -0.1) is 11.8 Å². The first-order valence-electron chi connectivity index (χ1n) is 7.99. The Morgan fingerprint density at radius 3 is 2.62 bits per heavy atom. The number of thioether (sulfide) groups is 1. The lowest BCUT2D eigenvalue weighted by Gasteiger charge is -2.08. The summed E-state index contributed by atoms with van der Waals surface area (Å²) in [5.41, 5.74) is 1.98. The fourth-order valence-electron chi connectivity index (χ4n) is 2.17. The number of carbonyl (C=O) groups is 2. The summed E-state index contributed by atoms with van der Waals surface area (Å²) >= 11 is 1.30. The molecule has 0 saturated carbocycles. The standard InChI is InChI=1S/C18H19N5O2S/c1-12-15(10-19)17(22-13(2)21-12)26-9-8-16(24)23-18(25)20-11-14-6-4-3-5-7-14/h3-7H,8-9,11H2,1-2H3,(H2,20,23,24,25). The lowest BCUT2D eigenvalue weighted by atomic mass is 10.2. The SMILES string of the molecule is Cc1nc(C)c(C#N)c(SCCC(=O)NC(=O)NCc2ccccc2)n1. The van der Waals surface area contributed by atoms with Crippen LogP contribution in [0.15, 0.2) is 35.4 Å². The number of hydrogen-bond donors (Lipinski definition) is 2. The summed E-state index contributed by atoms with van der Waals surface area (Å²) in [7, 11) is 0. The van der Waals surface area contributed by atoms with Crippen LogP contribution in [-0.2, 0) is 11.3 Å². The van der Waals surface area contributed by atoms with Crippen molar-refractivity contribution in [1.29, 1.82) is 5.26 Å². The Bertz CT molecular complexity index is 833. The van der Waals surface area contributed by atoms with E-state index in [0.29, 0.717) is 34.4 Å². The molecule has 0 aliphatic carbocycles. The molecule has 2 N–H and O–H groups in total. The molecule has 26 heavy (non-hydrogen) atoms. The maximum absolute atomic E-state index is 11.9. The highest BCUT2D eigenvalue weighted by Gasteiger charge is 2.12. The third kappa shape index (κ3) is 5.86. The van der Waals surface area contributed by atoms with E-state index in [-0.39, 0.29) is 12.3 Å². The largest absolute Gasteiger partial charge is 0.334 e. The Kier molecular flexibility index (Phi) is 7.12. The molecule has 2 aromatic rings. The summed E-state index contributed by atoms with van der Waals surface area (Å²) in [6.45, 7) is 3.85. The molecule has 0 fully saturated rings. The summed E-state index contributed by atoms with van der Waals surface area (Å²) in [4.78, 5) is 32.0. The predicted molar refractivity (Wildman–Crippen MR) is 98.4 cm³/mol. The van der Waals surface area contributed by atoms with E-state index >= 15 is 0 Å². The molecule has 0 aliphatic heterocycles. The second kappa shape index (κ2) is 9.53. The number of urea groups is 1. The Balaban J connectivity index is 1.77. The molecule has 0 spiro atoms. The summed E-state index contributed by atoms with van der Waals surface area (Å²) in [5.74, 6) is 0.598. The van der Waals surface area contributed by atoms with Crippen LogP contribution in [0.4, 0.5) is 4.79 Å². The van der Waals surface area contributed by atoms with Crippen molar-refractivity contribution in [1.82, 2.24) is 20.6 Å². The minimum absolute atomic E-state index is 0.135. The fraction of sp³-hybridized carbons (Fsp3) is 0.278. The van der Waals surface area contributed by atoms with Gasteiger partial charge in [0.05, 0.1) is 5.69 Å². The van der Waals surface area contributed by atoms with Crippen molar-refractivity contribution in [2.24, 2.45) is 0 Å². The van der Waals surface area contributed by atoms with Gasteiger partial charge in [0.15, 0.2) is 0 Å². The van der Waals surface area contributed by atoms with Crippen LogP contribution in [0.5, 0.6) is 0 Å². The van der Waals surface area contributed by atoms with Gasteiger partial charge < -0.3 is 5.32 Å². The average molecular weight is 369 g/mol. The third-order valence-electron chi connectivity index (χ3n) is 3.40. The van der Waals surface area contributed by atoms with Gasteiger partial charge >= 0.3 is 6.03 Å². The van der Waals surface area contributed by atoms with Gasteiger partial charge in [-0.05, 0) is 19.4 Å². The first-order chi connectivity index (χ1) is 12.5. The van der Waals surface area contributed by atoms with Crippen LogP contribution in [0.25, 0.3) is 0 Å². The highest BCUT2D eigenvalue weighted by molar-refractivity contribution is 7.99. The van der Waals surface area contributed by atoms with Crippen LogP contribution in [0.2, 0.25) is 0 Å². The zero-order valence-corrected chi connectivity index (χ0v) is 15.4. The zero-order valence-electron chi connectivity index (χ0n) is 14.6. The van der Waals surface area contributed by atoms with Crippen LogP contribution in [0.3, 0.4) is 0 Å². The first kappa shape index (κ1) is 19.4. The number of aromatic nitrogens is 2. The molecule has 8 heteroatoms. The van der Waals surface area contributed by atoms with Crippen molar-refractivity contribution < 1.29 is 9.59 Å². The minimum atomic E-state index is -0.532. The number of nitrogens with one attached hydrogen (secondary N) is 2. The van der Waals surface area contributed by atoms with E-state index in [9.17, 15) is 14.9 Å². The molecule has 0 atom stereocenters. The monoisotopic (exact) mass is 369 g/mol. The molecule has 2 rings (SSSR count). The van der Waals surface area contributed by atoms with E-state index in [1.807, 2.05) is 30.3 Å². The van der Waals surface area contributed by atoms with Crippen molar-refractivity contribution >= 4 is 23.7 Å². The third-order valence-corrected chi connectivity index (χ3v) is 4.37. The van der Waals surface area contributed by atoms with Crippen LogP contribution >= 0.6 is 11.8 Å². The number of hydrogen-bond acceptors (Lipinski definition) is 6. The van der Waals surface area contributed by atoms with Crippen molar-refractivity contribution in [3.05, 3.63) is 53.0 Å². The fourth-order valence-corrected chi connectivity index (χ4v) is 3.18. The molecule has 134 valence electrons. The molecule has 0 aliphatic rings. The highest BCUT2D eigenvalue weighted by atomic mass is 32.2. The van der Waals surface area contributed by atoms with Gasteiger partial charge in [-0.3, -0.25) is 10.1 Å². The zero-order chi connectivity index (χ0) is 18.9. The van der Waals surface area contributed by atoms with E-state index in [1.54, 1.807) is 13.8 Å². The second-order valence-electron chi connectivity index (χ2n) is 5.46. The minimum Gasteiger partial charge on any atom is -0.334 e. The number of aryl methyl sites for hydroxylation is 2. The lowest BCUT2D eigenvalue weighted by molar-refractivity contribution is -0.119. The van der Waals surface area contributed by atoms with Gasteiger partial charge in [-0.2, -0.15) is 5.26 Å². The molecule has 0 radical (unpaired) electrons. The van der Waals surface area contributed by atoms with E-state index in [1.165, 1.54) is 11.8 Å². The lowest BCUT2D eigenvalue weighted by Crippen LogP contribution is -2.39. The van der Waals surface area contributed by atoms with Gasteiger partial charge in [0, 0.05) is 18.7 Å². The van der Waals surface area contributed by atoms with Crippen molar-refractivity contribution in [2.75, 3.05) is 5.75 Å². The van der Waals surface area contributed by atoms with Gasteiger partial charge in [-0.1, -0.05) is 30.3 Å². The smallest absolute Gasteiger partial charge is 0.321 e. The van der Waals surface area contributed by atoms with Gasteiger partial charge in [0.25, 0.3) is 0 Å². The average Bonchev–Trinajstić information content (AvgIpc) is 2.60. The van der Waals surface area contributed by atoms with Gasteiger partial charge in [0.1, 0.15) is 22.5 Å². The van der Waals surface area contributed by atoms with Crippen LogP contribution in [-0.4, -0.2) is 27.7 Å². The van der Waals surface area contributed by atoms with Crippen molar-refractivity contribution in [3.8, 4) is 6.07 Å². The molecular weight excluding hydrogens is 350 g/mol. The number of nitrogens with zero attached hydrogens (tertiary/aromatic N) is 3. The van der Waals surface area contributed by atoms with Crippen molar-refractivity contribution in [3.63, 3.8) is 0 Å². The second-order valence-corrected chi connectivity index (χ2v) is 6.55. The van der Waals surface area contributed by atoms with E-state index < -0.39 is 6.03 Å². The number of carbonyl (C=O) groups excluding carboxylic acids is 2. The van der Waals surface area contributed by atoms with E-state index in [4.69, 9.17) is 0 Å². The molecule has 1 heterocycles. The molecular formula is C18H19N5O2S. The maximum atomic E-state index is 11.9. The summed E-state index contributed by atoms with van der Waals surface area (Å²) < 4.78 is 0. The highest BCUT2D eigenvalue weighted by Crippen LogP contribution is 2.22. The quantitative estimate of drug-likeness (QED) is 0.598. The molecule has 1 aromatic heterocycles. The van der Waals surface area contributed by atoms with Crippen LogP contribution in [0, 0.1) is 25.2 Å². The van der Waals surface area contributed by atoms with Gasteiger partial charge in [0.2, 0.25) is 5.91 Å². The Morgan fingerprint density at radius 1 is 1.19 bits per heavy atom. The van der Waals surface area contributed by atoms with Crippen LogP contribution in [0.1, 0.15) is 29.1 Å². The maximum Gasteiger partial charge on any atom is 0.321 e. The molecule has 7 nitrogen and oxygen atoms in total. The summed E-state index contributed by atoms with van der Waals surface area (Å²) in [5, 5.41) is 14.7. The van der Waals surface area contributed by atoms with Gasteiger partial charge in [-0.25, -0.2) is 14.8 Å². The van der Waals surface area contributed by atoms with Crippen molar-refractivity contribution in [2.45, 2.75) is 31.8 Å². The summed E-state index contributed by atoms with van der Waals surface area (Å²) in [6, 6.07) is 11.0. The number of nitriles is 1. The van der Waals surface area contributed by atoms with E-state index in [0.717, 1.165) is 5.56 Å². The summed E-state index contributed by atoms with van der Waals surface area (Å²) in [6.07, 6.45) is 0.135. The number of benzene rings is 1. The molecule has 0 bridgehead atoms. The molecule has 1 aromatic carbocycles. The topological polar surface area (TPSA) is 108 Å². The Hall–Kier alpha value is -2.92. The number of amides is 3. The molecule has 0 saturated heterocycles. The normalized spacial score (nSPS) is 10.0. The molecule has 0 unspecified atom stereocenters. The number of imide groups is 1. The Morgan fingerprint density at radius 2 is 1.92 bits per heavy atom. The van der Waals surface area contributed by atoms with Crippen LogP contribution < -0.4 is 10.6 Å².